The summed E-state index contributed by atoms with van der Waals surface area (Å²) in [4.78, 5) is 30.0. The van der Waals surface area contributed by atoms with Gasteiger partial charge in [0, 0.05) is 23.6 Å². The van der Waals surface area contributed by atoms with Crippen LogP contribution >= 0.6 is 0 Å². The lowest BCUT2D eigenvalue weighted by molar-refractivity contribution is -0.0302. The van der Waals surface area contributed by atoms with E-state index in [1.165, 1.54) is 6.07 Å². The maximum Gasteiger partial charge on any atom is 0.254 e. The van der Waals surface area contributed by atoms with Crippen LogP contribution in [0.5, 0.6) is 5.75 Å². The number of carbonyl (C=O) groups excluding carboxylic acids is 1. The van der Waals surface area contributed by atoms with E-state index in [9.17, 15) is 14.7 Å². The normalized spacial score (nSPS) is 19.3. The summed E-state index contributed by atoms with van der Waals surface area (Å²) < 4.78 is 5.42. The molecule has 0 radical (unpaired) electrons. The van der Waals surface area contributed by atoms with Gasteiger partial charge >= 0.3 is 0 Å². The van der Waals surface area contributed by atoms with Crippen molar-refractivity contribution in [2.75, 3.05) is 20.2 Å². The molecule has 1 atom stereocenters. The zero-order valence-corrected chi connectivity index (χ0v) is 16.6. The Morgan fingerprint density at radius 2 is 2.00 bits per heavy atom. The van der Waals surface area contributed by atoms with E-state index in [2.05, 4.69) is 4.98 Å². The van der Waals surface area contributed by atoms with Gasteiger partial charge in [0.15, 0.2) is 0 Å². The average Bonchev–Trinajstić information content (AvgIpc) is 2.73. The van der Waals surface area contributed by atoms with Crippen LogP contribution in [-0.2, 0) is 5.60 Å². The molecule has 150 valence electrons. The fourth-order valence-corrected chi connectivity index (χ4v) is 4.23. The molecule has 1 aliphatic rings. The van der Waals surface area contributed by atoms with Gasteiger partial charge in [0.1, 0.15) is 11.4 Å². The number of likely N-dealkylation sites (tertiary alicyclic amines) is 1. The molecule has 0 saturated carbocycles. The lowest BCUT2D eigenvalue weighted by atomic mass is 9.85. The SMILES string of the molecule is COc1ccccc1[C@]1(O)CCCN(C(=O)c2cc(=O)[nH]c3c(C)cccc23)C1. The van der Waals surface area contributed by atoms with Crippen molar-refractivity contribution < 1.29 is 14.6 Å². The summed E-state index contributed by atoms with van der Waals surface area (Å²) >= 11 is 0. The molecule has 1 fully saturated rings. The van der Waals surface area contributed by atoms with Crippen LogP contribution in [0.25, 0.3) is 10.9 Å². The van der Waals surface area contributed by atoms with Crippen molar-refractivity contribution in [1.82, 2.24) is 9.88 Å². The molecule has 4 rings (SSSR count). The molecule has 0 unspecified atom stereocenters. The Balaban J connectivity index is 1.73. The molecule has 0 spiro atoms. The summed E-state index contributed by atoms with van der Waals surface area (Å²) in [6, 6.07) is 14.3. The van der Waals surface area contributed by atoms with Crippen LogP contribution in [0.4, 0.5) is 0 Å². The Morgan fingerprint density at radius 3 is 2.79 bits per heavy atom. The number of para-hydroxylation sites is 2. The summed E-state index contributed by atoms with van der Waals surface area (Å²) in [6.07, 6.45) is 1.19. The molecule has 1 aliphatic heterocycles. The number of H-pyrrole nitrogens is 1. The van der Waals surface area contributed by atoms with Gasteiger partial charge in [-0.3, -0.25) is 9.59 Å². The molecule has 0 bridgehead atoms. The highest BCUT2D eigenvalue weighted by Crippen LogP contribution is 2.37. The summed E-state index contributed by atoms with van der Waals surface area (Å²) in [6.45, 7) is 2.57. The number of amides is 1. The second kappa shape index (κ2) is 7.37. The lowest BCUT2D eigenvalue weighted by Gasteiger charge is -2.40. The number of aryl methyl sites for hydroxylation is 1. The first-order valence-electron chi connectivity index (χ1n) is 9.71. The number of β-amino-alcohol motifs (C(OH)–C–C–N with tert-alkyl or cyclic N) is 1. The number of benzene rings is 2. The van der Waals surface area contributed by atoms with Gasteiger partial charge in [0.25, 0.3) is 5.91 Å². The van der Waals surface area contributed by atoms with Crippen molar-refractivity contribution >= 4 is 16.8 Å². The lowest BCUT2D eigenvalue weighted by Crippen LogP contribution is -2.48. The maximum atomic E-state index is 13.4. The summed E-state index contributed by atoms with van der Waals surface area (Å²) in [7, 11) is 1.57. The van der Waals surface area contributed by atoms with E-state index in [0.29, 0.717) is 47.2 Å². The predicted octanol–water partition coefficient (Wildman–Crippen LogP) is 2.97. The highest BCUT2D eigenvalue weighted by molar-refractivity contribution is 6.06. The number of nitrogens with zero attached hydrogens (tertiary/aromatic N) is 1. The molecule has 6 nitrogen and oxygen atoms in total. The molecule has 2 N–H and O–H groups in total. The first-order valence-corrected chi connectivity index (χ1v) is 9.71. The topological polar surface area (TPSA) is 82.6 Å². The van der Waals surface area contributed by atoms with Crippen molar-refractivity contribution in [3.05, 3.63) is 75.6 Å². The largest absolute Gasteiger partial charge is 0.496 e. The van der Waals surface area contributed by atoms with Crippen LogP contribution in [0.1, 0.15) is 34.3 Å². The molecule has 29 heavy (non-hydrogen) atoms. The van der Waals surface area contributed by atoms with Gasteiger partial charge in [-0.25, -0.2) is 0 Å². The van der Waals surface area contributed by atoms with Crippen LogP contribution in [0, 0.1) is 6.92 Å². The third-order valence-electron chi connectivity index (χ3n) is 5.68. The number of pyridine rings is 1. The monoisotopic (exact) mass is 392 g/mol. The Kier molecular flexibility index (Phi) is 4.88. The molecule has 1 amide bonds. The number of nitrogens with one attached hydrogen (secondary N) is 1. The van der Waals surface area contributed by atoms with Gasteiger partial charge in [0.05, 0.1) is 24.7 Å². The Labute approximate surface area is 168 Å². The zero-order chi connectivity index (χ0) is 20.6. The van der Waals surface area contributed by atoms with Crippen molar-refractivity contribution in [3.63, 3.8) is 0 Å². The van der Waals surface area contributed by atoms with E-state index < -0.39 is 5.60 Å². The number of rotatable bonds is 3. The molecule has 2 aromatic carbocycles. The third-order valence-corrected chi connectivity index (χ3v) is 5.68. The van der Waals surface area contributed by atoms with Crippen LogP contribution in [-0.4, -0.2) is 41.1 Å². The number of carbonyl (C=O) groups is 1. The number of methoxy groups -OCH3 is 1. The fourth-order valence-electron chi connectivity index (χ4n) is 4.23. The van der Waals surface area contributed by atoms with E-state index in [4.69, 9.17) is 4.74 Å². The number of aromatic nitrogens is 1. The minimum Gasteiger partial charge on any atom is -0.496 e. The highest BCUT2D eigenvalue weighted by Gasteiger charge is 2.39. The molecule has 1 saturated heterocycles. The quantitative estimate of drug-likeness (QED) is 0.718. The molecular weight excluding hydrogens is 368 g/mol. The van der Waals surface area contributed by atoms with Crippen LogP contribution in [0.15, 0.2) is 53.3 Å². The fraction of sp³-hybridized carbons (Fsp3) is 0.304. The number of aromatic amines is 1. The van der Waals surface area contributed by atoms with E-state index in [1.54, 1.807) is 18.1 Å². The first-order chi connectivity index (χ1) is 13.9. The van der Waals surface area contributed by atoms with Gasteiger partial charge < -0.3 is 19.7 Å². The predicted molar refractivity (Wildman–Crippen MR) is 111 cm³/mol. The zero-order valence-electron chi connectivity index (χ0n) is 16.6. The molecule has 2 heterocycles. The number of ether oxygens (including phenoxy) is 1. The third kappa shape index (κ3) is 3.40. The van der Waals surface area contributed by atoms with Crippen LogP contribution in [0.3, 0.4) is 0 Å². The van der Waals surface area contributed by atoms with Gasteiger partial charge in [-0.05, 0) is 31.4 Å². The summed E-state index contributed by atoms with van der Waals surface area (Å²) in [5, 5.41) is 12.1. The number of aliphatic hydroxyl groups is 1. The minimum absolute atomic E-state index is 0.145. The number of hydrogen-bond donors (Lipinski definition) is 2. The number of hydrogen-bond acceptors (Lipinski definition) is 4. The van der Waals surface area contributed by atoms with Gasteiger partial charge in [-0.1, -0.05) is 36.4 Å². The van der Waals surface area contributed by atoms with Crippen LogP contribution < -0.4 is 10.3 Å². The highest BCUT2D eigenvalue weighted by atomic mass is 16.5. The Bertz CT molecular complexity index is 1140. The van der Waals surface area contributed by atoms with Crippen molar-refractivity contribution in [1.29, 1.82) is 0 Å². The Hall–Kier alpha value is -3.12. The standard InChI is InChI=1S/C23H24N2O4/c1-15-7-5-8-16-17(13-20(26)24-21(15)16)22(27)25-12-6-11-23(28,14-25)18-9-3-4-10-19(18)29-2/h3-5,7-10,13,28H,6,11-12,14H2,1-2H3,(H,24,26)/t23-/m0/s1. The maximum absolute atomic E-state index is 13.4. The summed E-state index contributed by atoms with van der Waals surface area (Å²) in [5.41, 5.74) is 1.09. The van der Waals surface area contributed by atoms with Crippen molar-refractivity contribution in [3.8, 4) is 5.75 Å². The van der Waals surface area contributed by atoms with Gasteiger partial charge in [0.2, 0.25) is 5.56 Å². The molecule has 3 aromatic rings. The molecular formula is C23H24N2O4. The minimum atomic E-state index is -1.20. The molecule has 6 heteroatoms. The van der Waals surface area contributed by atoms with E-state index >= 15 is 0 Å². The smallest absolute Gasteiger partial charge is 0.254 e. The second-order valence-corrected chi connectivity index (χ2v) is 7.61. The summed E-state index contributed by atoms with van der Waals surface area (Å²) in [5.74, 6) is 0.348. The average molecular weight is 392 g/mol. The first kappa shape index (κ1) is 19.2. The van der Waals surface area contributed by atoms with E-state index in [0.717, 1.165) is 5.56 Å². The second-order valence-electron chi connectivity index (χ2n) is 7.61. The van der Waals surface area contributed by atoms with Crippen molar-refractivity contribution in [2.45, 2.75) is 25.4 Å². The van der Waals surface area contributed by atoms with E-state index in [1.807, 2.05) is 43.3 Å². The molecule has 1 aromatic heterocycles. The van der Waals surface area contributed by atoms with Crippen molar-refractivity contribution in [2.24, 2.45) is 0 Å². The number of piperidine rings is 1. The van der Waals surface area contributed by atoms with Gasteiger partial charge in [-0.15, -0.1) is 0 Å². The molecule has 0 aliphatic carbocycles. The number of fused-ring (bicyclic) bond motifs is 1. The van der Waals surface area contributed by atoms with Crippen LogP contribution in [0.2, 0.25) is 0 Å². The van der Waals surface area contributed by atoms with E-state index in [-0.39, 0.29) is 18.0 Å². The Morgan fingerprint density at radius 1 is 1.21 bits per heavy atom. The van der Waals surface area contributed by atoms with Gasteiger partial charge in [-0.2, -0.15) is 0 Å².